The lowest BCUT2D eigenvalue weighted by molar-refractivity contribution is 0.344. The molecule has 0 amide bonds. The normalized spacial score (nSPS) is 31.1. The van der Waals surface area contributed by atoms with E-state index in [1.807, 2.05) is 30.3 Å². The van der Waals surface area contributed by atoms with Gasteiger partial charge in [-0.3, -0.25) is 0 Å². The van der Waals surface area contributed by atoms with Crippen molar-refractivity contribution in [1.82, 2.24) is 0 Å². The van der Waals surface area contributed by atoms with Gasteiger partial charge in [-0.15, -0.1) is 11.6 Å². The number of rotatable bonds is 2. The fourth-order valence-corrected chi connectivity index (χ4v) is 2.71. The van der Waals surface area contributed by atoms with E-state index in [4.69, 9.17) is 11.6 Å². The van der Waals surface area contributed by atoms with Crippen LogP contribution in [0.3, 0.4) is 0 Å². The van der Waals surface area contributed by atoms with Crippen molar-refractivity contribution in [2.24, 2.45) is 5.18 Å². The molecule has 0 N–H and O–H groups in total. The van der Waals surface area contributed by atoms with E-state index in [2.05, 4.69) is 5.18 Å². The van der Waals surface area contributed by atoms with E-state index in [1.165, 1.54) is 0 Å². The Hall–Kier alpha value is -0.890. The average molecular weight is 224 g/mol. The highest BCUT2D eigenvalue weighted by molar-refractivity contribution is 6.24. The lowest BCUT2D eigenvalue weighted by Gasteiger charge is -2.35. The zero-order chi connectivity index (χ0) is 10.7. The molecule has 1 aliphatic rings. The number of nitroso groups, excluding NO2 is 1. The molecule has 0 bridgehead atoms. The van der Waals surface area contributed by atoms with Gasteiger partial charge in [0.25, 0.3) is 0 Å². The first-order valence-corrected chi connectivity index (χ1v) is 5.72. The van der Waals surface area contributed by atoms with Crippen LogP contribution in [0.15, 0.2) is 35.5 Å². The Labute approximate surface area is 94.6 Å². The summed E-state index contributed by atoms with van der Waals surface area (Å²) in [5, 5.41) is 3.20. The molecular weight excluding hydrogens is 210 g/mol. The molecule has 80 valence electrons. The van der Waals surface area contributed by atoms with Crippen LogP contribution in [0, 0.1) is 4.91 Å². The van der Waals surface area contributed by atoms with Crippen LogP contribution in [0.4, 0.5) is 0 Å². The number of hydrogen-bond donors (Lipinski definition) is 0. The Morgan fingerprint density at radius 2 is 2.00 bits per heavy atom. The molecular formula is C12H14ClNO. The van der Waals surface area contributed by atoms with Crippen LogP contribution in [-0.2, 0) is 4.87 Å². The van der Waals surface area contributed by atoms with Gasteiger partial charge in [0, 0.05) is 0 Å². The van der Waals surface area contributed by atoms with Gasteiger partial charge in [0.1, 0.15) is 6.04 Å². The highest BCUT2D eigenvalue weighted by Gasteiger charge is 2.41. The summed E-state index contributed by atoms with van der Waals surface area (Å²) in [5.74, 6) is 0. The smallest absolute Gasteiger partial charge is 0.115 e. The predicted octanol–water partition coefficient (Wildman–Crippen LogP) is 3.83. The summed E-state index contributed by atoms with van der Waals surface area (Å²) in [6, 6.07) is 9.55. The van der Waals surface area contributed by atoms with E-state index in [0.717, 1.165) is 31.2 Å². The van der Waals surface area contributed by atoms with Crippen LogP contribution in [0.5, 0.6) is 0 Å². The number of benzene rings is 1. The number of hydrogen-bond acceptors (Lipinski definition) is 2. The van der Waals surface area contributed by atoms with Crippen LogP contribution < -0.4 is 0 Å². The second kappa shape index (κ2) is 4.31. The van der Waals surface area contributed by atoms with E-state index in [-0.39, 0.29) is 6.04 Å². The van der Waals surface area contributed by atoms with Crippen molar-refractivity contribution < 1.29 is 0 Å². The molecule has 2 atom stereocenters. The largest absolute Gasteiger partial charge is 0.150 e. The highest BCUT2D eigenvalue weighted by Crippen LogP contribution is 2.44. The summed E-state index contributed by atoms with van der Waals surface area (Å²) in [5.41, 5.74) is 1.02. The summed E-state index contributed by atoms with van der Waals surface area (Å²) in [4.78, 5) is 10.2. The van der Waals surface area contributed by atoms with Crippen molar-refractivity contribution in [3.8, 4) is 0 Å². The van der Waals surface area contributed by atoms with Crippen molar-refractivity contribution in [2.75, 3.05) is 0 Å². The van der Waals surface area contributed by atoms with Gasteiger partial charge in [-0.05, 0) is 18.4 Å². The third-order valence-electron chi connectivity index (χ3n) is 3.18. The molecule has 3 heteroatoms. The Bertz CT molecular complexity index is 341. The van der Waals surface area contributed by atoms with E-state index in [9.17, 15) is 4.91 Å². The Kier molecular flexibility index (Phi) is 3.06. The predicted molar refractivity (Wildman–Crippen MR) is 62.0 cm³/mol. The highest BCUT2D eigenvalue weighted by atomic mass is 35.5. The maximum atomic E-state index is 10.8. The quantitative estimate of drug-likeness (QED) is 0.554. The zero-order valence-electron chi connectivity index (χ0n) is 8.53. The molecule has 1 saturated carbocycles. The second-order valence-electron chi connectivity index (χ2n) is 4.10. The first-order valence-electron chi connectivity index (χ1n) is 5.34. The van der Waals surface area contributed by atoms with Crippen LogP contribution in [0.25, 0.3) is 0 Å². The molecule has 0 spiro atoms. The SMILES string of the molecule is O=N[C@@H]1CCCC[C@]1(Cl)c1ccccc1. The molecule has 1 aliphatic carbocycles. The molecule has 2 rings (SSSR count). The molecule has 1 fully saturated rings. The third kappa shape index (κ3) is 1.91. The minimum absolute atomic E-state index is 0.282. The van der Waals surface area contributed by atoms with E-state index in [1.54, 1.807) is 0 Å². The van der Waals surface area contributed by atoms with Gasteiger partial charge in [0.05, 0.1) is 4.87 Å². The van der Waals surface area contributed by atoms with Gasteiger partial charge in [-0.2, -0.15) is 4.91 Å². The first-order chi connectivity index (χ1) is 7.27. The molecule has 0 unspecified atom stereocenters. The molecule has 15 heavy (non-hydrogen) atoms. The summed E-state index contributed by atoms with van der Waals surface area (Å²) in [6.45, 7) is 0. The van der Waals surface area contributed by atoms with Crippen molar-refractivity contribution in [1.29, 1.82) is 0 Å². The minimum Gasteiger partial charge on any atom is -0.150 e. The molecule has 0 radical (unpaired) electrons. The van der Waals surface area contributed by atoms with E-state index < -0.39 is 4.87 Å². The monoisotopic (exact) mass is 223 g/mol. The van der Waals surface area contributed by atoms with Crippen LogP contribution in [0.1, 0.15) is 31.2 Å². The van der Waals surface area contributed by atoms with Gasteiger partial charge in [-0.25, -0.2) is 0 Å². The molecule has 1 aromatic carbocycles. The first kappa shape index (κ1) is 10.6. The lowest BCUT2D eigenvalue weighted by atomic mass is 9.79. The van der Waals surface area contributed by atoms with Gasteiger partial charge in [0.15, 0.2) is 0 Å². The average Bonchev–Trinajstić information content (AvgIpc) is 2.31. The summed E-state index contributed by atoms with van der Waals surface area (Å²) >= 11 is 6.57. The van der Waals surface area contributed by atoms with Crippen molar-refractivity contribution >= 4 is 11.6 Å². The summed E-state index contributed by atoms with van der Waals surface area (Å²) in [7, 11) is 0. The maximum Gasteiger partial charge on any atom is 0.115 e. The molecule has 0 heterocycles. The van der Waals surface area contributed by atoms with Crippen LogP contribution in [-0.4, -0.2) is 6.04 Å². The molecule has 0 saturated heterocycles. The van der Waals surface area contributed by atoms with Crippen molar-refractivity contribution in [2.45, 2.75) is 36.6 Å². The van der Waals surface area contributed by atoms with Gasteiger partial charge in [0.2, 0.25) is 0 Å². The van der Waals surface area contributed by atoms with Crippen LogP contribution in [0.2, 0.25) is 0 Å². The molecule has 0 aromatic heterocycles. The number of halogens is 1. The Balaban J connectivity index is 2.34. The second-order valence-corrected chi connectivity index (χ2v) is 4.77. The Morgan fingerprint density at radius 3 is 2.67 bits per heavy atom. The van der Waals surface area contributed by atoms with Crippen molar-refractivity contribution in [3.63, 3.8) is 0 Å². The number of alkyl halides is 1. The van der Waals surface area contributed by atoms with Gasteiger partial charge >= 0.3 is 0 Å². The lowest BCUT2D eigenvalue weighted by Crippen LogP contribution is -2.35. The zero-order valence-corrected chi connectivity index (χ0v) is 9.28. The van der Waals surface area contributed by atoms with Crippen molar-refractivity contribution in [3.05, 3.63) is 40.8 Å². The topological polar surface area (TPSA) is 29.4 Å². The summed E-state index contributed by atoms with van der Waals surface area (Å²) < 4.78 is 0. The third-order valence-corrected chi connectivity index (χ3v) is 3.84. The number of nitrogens with zero attached hydrogens (tertiary/aromatic N) is 1. The molecule has 0 aliphatic heterocycles. The Morgan fingerprint density at radius 1 is 1.27 bits per heavy atom. The van der Waals surface area contributed by atoms with E-state index in [0.29, 0.717) is 0 Å². The van der Waals surface area contributed by atoms with Gasteiger partial charge < -0.3 is 0 Å². The summed E-state index contributed by atoms with van der Waals surface area (Å²) in [6.07, 6.45) is 3.78. The fourth-order valence-electron chi connectivity index (χ4n) is 2.30. The maximum absolute atomic E-state index is 10.8. The van der Waals surface area contributed by atoms with Crippen LogP contribution >= 0.6 is 11.6 Å². The molecule has 1 aromatic rings. The standard InChI is InChI=1S/C12H14ClNO/c13-12(10-6-2-1-3-7-10)9-5-4-8-11(12)14-15/h1-3,6-7,11H,4-5,8-9H2/t11-,12+/m1/s1. The fraction of sp³-hybridized carbons (Fsp3) is 0.500. The minimum atomic E-state index is -0.568. The van der Waals surface area contributed by atoms with Gasteiger partial charge in [-0.1, -0.05) is 48.4 Å². The molecule has 2 nitrogen and oxygen atoms in total. The van der Waals surface area contributed by atoms with E-state index >= 15 is 0 Å².